The van der Waals surface area contributed by atoms with Gasteiger partial charge in [0.1, 0.15) is 11.6 Å². The molecule has 0 saturated heterocycles. The minimum Gasteiger partial charge on any atom is -0.497 e. The first-order valence-corrected chi connectivity index (χ1v) is 8.87. The van der Waals surface area contributed by atoms with E-state index in [0.717, 1.165) is 10.9 Å². The summed E-state index contributed by atoms with van der Waals surface area (Å²) in [7, 11) is 1.59. The van der Waals surface area contributed by atoms with E-state index in [0.29, 0.717) is 22.6 Å². The molecule has 0 radical (unpaired) electrons. The van der Waals surface area contributed by atoms with Crippen LogP contribution in [-0.2, 0) is 10.3 Å². The Bertz CT molecular complexity index is 1100. The molecule has 7 nitrogen and oxygen atoms in total. The summed E-state index contributed by atoms with van der Waals surface area (Å²) < 4.78 is 7.02. The van der Waals surface area contributed by atoms with Gasteiger partial charge in [0.25, 0.3) is 5.56 Å². The minimum atomic E-state index is -0.333. The molecule has 27 heavy (non-hydrogen) atoms. The highest BCUT2D eigenvalue weighted by Crippen LogP contribution is 2.38. The molecule has 1 amide bonds. The van der Waals surface area contributed by atoms with E-state index in [2.05, 4.69) is 15.4 Å². The SMILES string of the molecule is COc1ccc2cc(C3CC(=O)Nc4c3cnn4C(C)(C)C)c(=O)[nH]c2c1. The maximum absolute atomic E-state index is 12.8. The number of fused-ring (bicyclic) bond motifs is 2. The average molecular weight is 366 g/mol. The Labute approximate surface area is 156 Å². The Morgan fingerprint density at radius 2 is 1.96 bits per heavy atom. The molecule has 2 N–H and O–H groups in total. The Morgan fingerprint density at radius 1 is 1.19 bits per heavy atom. The summed E-state index contributed by atoms with van der Waals surface area (Å²) in [5.74, 6) is 0.891. The van der Waals surface area contributed by atoms with Gasteiger partial charge in [-0.3, -0.25) is 9.59 Å². The second kappa shape index (κ2) is 5.97. The summed E-state index contributed by atoms with van der Waals surface area (Å²) in [4.78, 5) is 28.1. The monoisotopic (exact) mass is 366 g/mol. The number of methoxy groups -OCH3 is 1. The number of rotatable bonds is 2. The number of benzene rings is 1. The van der Waals surface area contributed by atoms with Gasteiger partial charge in [-0.2, -0.15) is 5.10 Å². The summed E-state index contributed by atoms with van der Waals surface area (Å²) in [5.41, 5.74) is 1.65. The number of anilines is 1. The van der Waals surface area contributed by atoms with Crippen LogP contribution >= 0.6 is 0 Å². The highest BCUT2D eigenvalue weighted by Gasteiger charge is 2.33. The fraction of sp³-hybridized carbons (Fsp3) is 0.350. The number of aromatic nitrogens is 3. The number of hydrogen-bond acceptors (Lipinski definition) is 4. The predicted molar refractivity (Wildman–Crippen MR) is 103 cm³/mol. The summed E-state index contributed by atoms with van der Waals surface area (Å²) >= 11 is 0. The number of aromatic amines is 1. The van der Waals surface area contributed by atoms with Gasteiger partial charge in [-0.15, -0.1) is 0 Å². The van der Waals surface area contributed by atoms with Crippen molar-refractivity contribution in [1.82, 2.24) is 14.8 Å². The Hall–Kier alpha value is -3.09. The smallest absolute Gasteiger partial charge is 0.252 e. The topological polar surface area (TPSA) is 89.0 Å². The number of pyridine rings is 1. The molecule has 1 aromatic carbocycles. The molecule has 4 rings (SSSR count). The lowest BCUT2D eigenvalue weighted by Crippen LogP contribution is -2.31. The Balaban J connectivity index is 1.87. The van der Waals surface area contributed by atoms with Crippen molar-refractivity contribution in [3.05, 3.63) is 51.9 Å². The third-order valence-corrected chi connectivity index (χ3v) is 4.91. The normalized spacial score (nSPS) is 16.9. The van der Waals surface area contributed by atoms with Crippen molar-refractivity contribution in [3.63, 3.8) is 0 Å². The summed E-state index contributed by atoms with van der Waals surface area (Å²) in [6, 6.07) is 7.39. The molecule has 0 fully saturated rings. The molecular formula is C20H22N4O3. The maximum Gasteiger partial charge on any atom is 0.252 e. The standard InChI is InChI=1S/C20H22N4O3/c1-20(2,3)24-18-15(10-21-24)13(9-17(25)23-18)14-7-11-5-6-12(27-4)8-16(11)22-19(14)26/h5-8,10,13H,9H2,1-4H3,(H,22,26)(H,23,25). The number of nitrogens with zero attached hydrogens (tertiary/aromatic N) is 2. The van der Waals surface area contributed by atoms with Crippen molar-refractivity contribution < 1.29 is 9.53 Å². The lowest BCUT2D eigenvalue weighted by molar-refractivity contribution is -0.116. The molecule has 0 aliphatic carbocycles. The van der Waals surface area contributed by atoms with E-state index < -0.39 is 0 Å². The zero-order chi connectivity index (χ0) is 19.3. The zero-order valence-electron chi connectivity index (χ0n) is 15.8. The number of H-pyrrole nitrogens is 1. The van der Waals surface area contributed by atoms with Gasteiger partial charge in [-0.05, 0) is 44.4 Å². The summed E-state index contributed by atoms with van der Waals surface area (Å²) in [6.45, 7) is 6.06. The molecular weight excluding hydrogens is 344 g/mol. The Morgan fingerprint density at radius 3 is 2.67 bits per heavy atom. The van der Waals surface area contributed by atoms with E-state index in [9.17, 15) is 9.59 Å². The van der Waals surface area contributed by atoms with E-state index in [-0.39, 0.29) is 29.3 Å². The number of amides is 1. The van der Waals surface area contributed by atoms with Crippen molar-refractivity contribution in [2.45, 2.75) is 38.6 Å². The molecule has 140 valence electrons. The molecule has 1 unspecified atom stereocenters. The maximum atomic E-state index is 12.8. The third-order valence-electron chi connectivity index (χ3n) is 4.91. The van der Waals surface area contributed by atoms with Crippen molar-refractivity contribution in [3.8, 4) is 5.75 Å². The first-order chi connectivity index (χ1) is 12.8. The van der Waals surface area contributed by atoms with Crippen molar-refractivity contribution in [2.75, 3.05) is 12.4 Å². The van der Waals surface area contributed by atoms with Crippen LogP contribution in [0.25, 0.3) is 10.9 Å². The zero-order valence-corrected chi connectivity index (χ0v) is 15.8. The third kappa shape index (κ3) is 2.89. The number of ether oxygens (including phenoxy) is 1. The first kappa shape index (κ1) is 17.3. The van der Waals surface area contributed by atoms with E-state index in [1.807, 2.05) is 39.0 Å². The lowest BCUT2D eigenvalue weighted by Gasteiger charge is -2.27. The fourth-order valence-corrected chi connectivity index (χ4v) is 3.59. The minimum absolute atomic E-state index is 0.118. The van der Waals surface area contributed by atoms with Crippen LogP contribution in [0.15, 0.2) is 35.3 Å². The highest BCUT2D eigenvalue weighted by atomic mass is 16.5. The van der Waals surface area contributed by atoms with Gasteiger partial charge >= 0.3 is 0 Å². The van der Waals surface area contributed by atoms with Crippen LogP contribution in [0.5, 0.6) is 5.75 Å². The number of nitrogens with one attached hydrogen (secondary N) is 2. The van der Waals surface area contributed by atoms with Gasteiger partial charge in [-0.1, -0.05) is 0 Å². The quantitative estimate of drug-likeness (QED) is 0.730. The van der Waals surface area contributed by atoms with Crippen molar-refractivity contribution >= 4 is 22.6 Å². The second-order valence-corrected chi connectivity index (χ2v) is 7.84. The molecule has 1 aliphatic rings. The highest BCUT2D eigenvalue weighted by molar-refractivity contribution is 5.94. The molecule has 0 saturated carbocycles. The predicted octanol–water partition coefficient (Wildman–Crippen LogP) is 2.96. The van der Waals surface area contributed by atoms with Gasteiger partial charge < -0.3 is 15.0 Å². The number of carbonyl (C=O) groups is 1. The van der Waals surface area contributed by atoms with Gasteiger partial charge in [0.15, 0.2) is 0 Å². The van der Waals surface area contributed by atoms with Crippen LogP contribution in [-0.4, -0.2) is 27.8 Å². The molecule has 1 atom stereocenters. The number of hydrogen-bond donors (Lipinski definition) is 2. The molecule has 3 aromatic rings. The van der Waals surface area contributed by atoms with Crippen LogP contribution in [0, 0.1) is 0 Å². The van der Waals surface area contributed by atoms with Crippen molar-refractivity contribution in [2.24, 2.45) is 0 Å². The van der Waals surface area contributed by atoms with Crippen LogP contribution in [0.4, 0.5) is 5.82 Å². The van der Waals surface area contributed by atoms with Gasteiger partial charge in [0.05, 0.1) is 24.4 Å². The van der Waals surface area contributed by atoms with E-state index in [4.69, 9.17) is 4.74 Å². The molecule has 2 aromatic heterocycles. The van der Waals surface area contributed by atoms with Crippen molar-refractivity contribution in [1.29, 1.82) is 0 Å². The summed E-state index contributed by atoms with van der Waals surface area (Å²) in [5, 5.41) is 8.28. The van der Waals surface area contributed by atoms with E-state index >= 15 is 0 Å². The molecule has 0 spiro atoms. The van der Waals surface area contributed by atoms with E-state index in [1.165, 1.54) is 0 Å². The van der Waals surface area contributed by atoms with Crippen LogP contribution in [0.1, 0.15) is 44.2 Å². The van der Waals surface area contributed by atoms with Crippen LogP contribution in [0.3, 0.4) is 0 Å². The molecule has 0 bridgehead atoms. The van der Waals surface area contributed by atoms with Crippen LogP contribution < -0.4 is 15.6 Å². The second-order valence-electron chi connectivity index (χ2n) is 7.84. The molecule has 1 aliphatic heterocycles. The van der Waals surface area contributed by atoms with Gasteiger partial charge in [0, 0.05) is 29.5 Å². The lowest BCUT2D eigenvalue weighted by atomic mass is 9.87. The number of carbonyl (C=O) groups excluding carboxylic acids is 1. The largest absolute Gasteiger partial charge is 0.497 e. The fourth-order valence-electron chi connectivity index (χ4n) is 3.59. The van der Waals surface area contributed by atoms with E-state index in [1.54, 1.807) is 24.1 Å². The van der Waals surface area contributed by atoms with Crippen LogP contribution in [0.2, 0.25) is 0 Å². The average Bonchev–Trinajstić information content (AvgIpc) is 3.04. The Kier molecular flexibility index (Phi) is 3.83. The molecule has 7 heteroatoms. The van der Waals surface area contributed by atoms with Gasteiger partial charge in [0.2, 0.25) is 5.91 Å². The van der Waals surface area contributed by atoms with Gasteiger partial charge in [-0.25, -0.2) is 4.68 Å². The molecule has 3 heterocycles. The summed E-state index contributed by atoms with van der Waals surface area (Å²) in [6.07, 6.45) is 1.97. The first-order valence-electron chi connectivity index (χ1n) is 8.87.